The van der Waals surface area contributed by atoms with Gasteiger partial charge in [0.15, 0.2) is 0 Å². The second-order valence-corrected chi connectivity index (χ2v) is 5.32. The first-order chi connectivity index (χ1) is 8.33. The van der Waals surface area contributed by atoms with Gasteiger partial charge in [-0.15, -0.1) is 11.8 Å². The summed E-state index contributed by atoms with van der Waals surface area (Å²) in [6.45, 7) is 2.22. The summed E-state index contributed by atoms with van der Waals surface area (Å²) in [5.41, 5.74) is 0. The van der Waals surface area contributed by atoms with Gasteiger partial charge in [0.25, 0.3) is 0 Å². The highest BCUT2D eigenvalue weighted by atomic mass is 32.2. The molecule has 0 radical (unpaired) electrons. The highest BCUT2D eigenvalue weighted by Crippen LogP contribution is 2.33. The van der Waals surface area contributed by atoms with Crippen molar-refractivity contribution < 1.29 is 5.11 Å². The second-order valence-electron chi connectivity index (χ2n) is 4.18. The van der Waals surface area contributed by atoms with Gasteiger partial charge in [-0.05, 0) is 29.7 Å². The molecule has 0 amide bonds. The number of hydrogen-bond donors (Lipinski definition) is 1. The predicted octanol–water partition coefficient (Wildman–Crippen LogP) is 4.83. The summed E-state index contributed by atoms with van der Waals surface area (Å²) in [6.07, 6.45) is 3.82. The molecular formula is C15H18OS. The molecule has 0 bridgehead atoms. The van der Waals surface area contributed by atoms with Crippen LogP contribution in [0.3, 0.4) is 0 Å². The van der Waals surface area contributed by atoms with Crippen molar-refractivity contribution in [1.29, 1.82) is 0 Å². The molecule has 0 spiro atoms. The van der Waals surface area contributed by atoms with Gasteiger partial charge < -0.3 is 5.11 Å². The third-order valence-electron chi connectivity index (χ3n) is 2.87. The summed E-state index contributed by atoms with van der Waals surface area (Å²) >= 11 is 1.89. The highest BCUT2D eigenvalue weighted by molar-refractivity contribution is 7.99. The fourth-order valence-electron chi connectivity index (χ4n) is 1.92. The molecule has 0 aliphatic rings. The Kier molecular flexibility index (Phi) is 4.32. The van der Waals surface area contributed by atoms with Gasteiger partial charge in [0.05, 0.1) is 0 Å². The van der Waals surface area contributed by atoms with Crippen LogP contribution in [0.1, 0.15) is 26.2 Å². The van der Waals surface area contributed by atoms with Crippen molar-refractivity contribution in [2.45, 2.75) is 31.1 Å². The van der Waals surface area contributed by atoms with Crippen LogP contribution in [-0.4, -0.2) is 10.9 Å². The molecule has 0 aliphatic carbocycles. The van der Waals surface area contributed by atoms with E-state index in [1.165, 1.54) is 24.2 Å². The van der Waals surface area contributed by atoms with Crippen molar-refractivity contribution in [1.82, 2.24) is 0 Å². The average Bonchev–Trinajstić information content (AvgIpc) is 2.37. The summed E-state index contributed by atoms with van der Waals surface area (Å²) in [4.78, 5) is 1.27. The van der Waals surface area contributed by atoms with Gasteiger partial charge in [-0.1, -0.05) is 44.0 Å². The smallest absolute Gasteiger partial charge is 0.123 e. The summed E-state index contributed by atoms with van der Waals surface area (Å²) < 4.78 is 0. The molecule has 17 heavy (non-hydrogen) atoms. The van der Waals surface area contributed by atoms with Crippen molar-refractivity contribution in [3.63, 3.8) is 0 Å². The van der Waals surface area contributed by atoms with E-state index in [2.05, 4.69) is 13.0 Å². The molecule has 2 aromatic carbocycles. The fourth-order valence-corrected chi connectivity index (χ4v) is 2.98. The van der Waals surface area contributed by atoms with Crippen molar-refractivity contribution in [2.75, 3.05) is 5.75 Å². The number of fused-ring (bicyclic) bond motifs is 1. The molecule has 0 aliphatic heterocycles. The Morgan fingerprint density at radius 2 is 1.76 bits per heavy atom. The zero-order chi connectivity index (χ0) is 12.1. The Hall–Kier alpha value is -1.15. The van der Waals surface area contributed by atoms with Gasteiger partial charge in [0, 0.05) is 10.3 Å². The standard InChI is InChI=1S/C15H18OS/c1-2-3-6-11-17-15-10-9-14(16)12-7-4-5-8-13(12)15/h4-5,7-10,16H,2-3,6,11H2,1H3. The van der Waals surface area contributed by atoms with Crippen molar-refractivity contribution in [2.24, 2.45) is 0 Å². The molecule has 0 saturated carbocycles. The number of unbranched alkanes of at least 4 members (excludes halogenated alkanes) is 2. The van der Waals surface area contributed by atoms with E-state index in [0.717, 1.165) is 16.5 Å². The molecule has 0 aromatic heterocycles. The average molecular weight is 246 g/mol. The Labute approximate surface area is 107 Å². The lowest BCUT2D eigenvalue weighted by Gasteiger charge is -2.07. The lowest BCUT2D eigenvalue weighted by molar-refractivity contribution is 0.481. The Balaban J connectivity index is 2.20. The van der Waals surface area contributed by atoms with E-state index in [1.807, 2.05) is 36.0 Å². The summed E-state index contributed by atoms with van der Waals surface area (Å²) in [6, 6.07) is 11.9. The van der Waals surface area contributed by atoms with Crippen LogP contribution in [0.15, 0.2) is 41.3 Å². The molecule has 1 nitrogen and oxygen atoms in total. The first kappa shape index (κ1) is 12.3. The van der Waals surface area contributed by atoms with Crippen LogP contribution in [0.5, 0.6) is 5.75 Å². The number of hydrogen-bond acceptors (Lipinski definition) is 2. The maximum atomic E-state index is 9.80. The van der Waals surface area contributed by atoms with Crippen LogP contribution in [0.25, 0.3) is 10.8 Å². The Bertz CT molecular complexity index is 493. The number of rotatable bonds is 5. The fraction of sp³-hybridized carbons (Fsp3) is 0.333. The largest absolute Gasteiger partial charge is 0.507 e. The molecule has 0 fully saturated rings. The van der Waals surface area contributed by atoms with Crippen molar-refractivity contribution in [3.05, 3.63) is 36.4 Å². The third-order valence-corrected chi connectivity index (χ3v) is 4.03. The number of thioether (sulfide) groups is 1. The maximum absolute atomic E-state index is 9.80. The van der Waals surface area contributed by atoms with E-state index in [1.54, 1.807) is 6.07 Å². The van der Waals surface area contributed by atoms with E-state index in [0.29, 0.717) is 5.75 Å². The molecular weight excluding hydrogens is 228 g/mol. The van der Waals surface area contributed by atoms with Crippen LogP contribution >= 0.6 is 11.8 Å². The quantitative estimate of drug-likeness (QED) is 0.602. The van der Waals surface area contributed by atoms with Crippen LogP contribution in [0.4, 0.5) is 0 Å². The van der Waals surface area contributed by atoms with Gasteiger partial charge in [0.1, 0.15) is 5.75 Å². The molecule has 0 heterocycles. The monoisotopic (exact) mass is 246 g/mol. The predicted molar refractivity (Wildman–Crippen MR) is 75.9 cm³/mol. The lowest BCUT2D eigenvalue weighted by atomic mass is 10.1. The zero-order valence-electron chi connectivity index (χ0n) is 10.1. The molecule has 1 N–H and O–H groups in total. The van der Waals surface area contributed by atoms with Gasteiger partial charge in [-0.25, -0.2) is 0 Å². The second kappa shape index (κ2) is 5.97. The normalized spacial score (nSPS) is 10.9. The topological polar surface area (TPSA) is 20.2 Å². The van der Waals surface area contributed by atoms with Crippen LogP contribution in [0, 0.1) is 0 Å². The van der Waals surface area contributed by atoms with Crippen molar-refractivity contribution in [3.8, 4) is 5.75 Å². The molecule has 0 atom stereocenters. The molecule has 2 aromatic rings. The van der Waals surface area contributed by atoms with Crippen LogP contribution in [0.2, 0.25) is 0 Å². The molecule has 90 valence electrons. The summed E-state index contributed by atoms with van der Waals surface area (Å²) in [5.74, 6) is 1.53. The van der Waals surface area contributed by atoms with E-state index < -0.39 is 0 Å². The molecule has 0 unspecified atom stereocenters. The number of phenolic OH excluding ortho intramolecular Hbond substituents is 1. The number of phenols is 1. The van der Waals surface area contributed by atoms with E-state index >= 15 is 0 Å². The van der Waals surface area contributed by atoms with Gasteiger partial charge in [-0.3, -0.25) is 0 Å². The van der Waals surface area contributed by atoms with E-state index in [4.69, 9.17) is 0 Å². The minimum Gasteiger partial charge on any atom is -0.507 e. The lowest BCUT2D eigenvalue weighted by Crippen LogP contribution is -1.82. The minimum atomic E-state index is 0.374. The molecule has 0 saturated heterocycles. The zero-order valence-corrected chi connectivity index (χ0v) is 11.0. The SMILES string of the molecule is CCCCCSc1ccc(O)c2ccccc12. The Morgan fingerprint density at radius 3 is 2.53 bits per heavy atom. The van der Waals surface area contributed by atoms with Gasteiger partial charge >= 0.3 is 0 Å². The van der Waals surface area contributed by atoms with Gasteiger partial charge in [-0.2, -0.15) is 0 Å². The minimum absolute atomic E-state index is 0.374. The number of benzene rings is 2. The molecule has 2 rings (SSSR count). The summed E-state index contributed by atoms with van der Waals surface area (Å²) in [7, 11) is 0. The first-order valence-corrected chi connectivity index (χ1v) is 7.15. The summed E-state index contributed by atoms with van der Waals surface area (Å²) in [5, 5.41) is 11.9. The first-order valence-electron chi connectivity index (χ1n) is 6.16. The maximum Gasteiger partial charge on any atom is 0.123 e. The van der Waals surface area contributed by atoms with E-state index in [9.17, 15) is 5.11 Å². The van der Waals surface area contributed by atoms with E-state index in [-0.39, 0.29) is 0 Å². The highest BCUT2D eigenvalue weighted by Gasteiger charge is 2.04. The van der Waals surface area contributed by atoms with Gasteiger partial charge in [0.2, 0.25) is 0 Å². The van der Waals surface area contributed by atoms with Crippen LogP contribution in [-0.2, 0) is 0 Å². The molecule has 2 heteroatoms. The number of aromatic hydroxyl groups is 1. The Morgan fingerprint density at radius 1 is 1.00 bits per heavy atom. The third kappa shape index (κ3) is 2.95. The van der Waals surface area contributed by atoms with Crippen LogP contribution < -0.4 is 0 Å². The van der Waals surface area contributed by atoms with Crippen molar-refractivity contribution >= 4 is 22.5 Å².